The molecule has 1 aliphatic carbocycles. The average molecular weight is 275 g/mol. The molecule has 1 saturated heterocycles. The van der Waals surface area contributed by atoms with Crippen LogP contribution in [0.2, 0.25) is 0 Å². The quantitative estimate of drug-likeness (QED) is 0.722. The number of carbonyl (C=O) groups is 1. The van der Waals surface area contributed by atoms with Gasteiger partial charge in [-0.05, 0) is 12.3 Å². The third-order valence-electron chi connectivity index (χ3n) is 3.51. The molecule has 1 amide bonds. The zero-order valence-corrected chi connectivity index (χ0v) is 10.9. The van der Waals surface area contributed by atoms with Crippen LogP contribution in [0.5, 0.6) is 0 Å². The summed E-state index contributed by atoms with van der Waals surface area (Å²) in [5, 5.41) is 1.03. The Balaban J connectivity index is 1.75. The summed E-state index contributed by atoms with van der Waals surface area (Å²) in [6.45, 7) is 7.20. The largest absolute Gasteiger partial charge is 0.340 e. The number of piperazine rings is 1. The van der Waals surface area contributed by atoms with E-state index in [0.717, 1.165) is 44.5 Å². The van der Waals surface area contributed by atoms with Crippen LogP contribution in [0, 0.1) is 11.8 Å². The fourth-order valence-electron chi connectivity index (χ4n) is 2.21. The van der Waals surface area contributed by atoms with E-state index in [1.54, 1.807) is 0 Å². The lowest BCUT2D eigenvalue weighted by Crippen LogP contribution is -2.49. The first-order valence-corrected chi connectivity index (χ1v) is 6.91. The monoisotopic (exact) mass is 274 g/mol. The van der Waals surface area contributed by atoms with E-state index in [1.165, 1.54) is 0 Å². The van der Waals surface area contributed by atoms with Gasteiger partial charge >= 0.3 is 0 Å². The van der Waals surface area contributed by atoms with Crippen molar-refractivity contribution < 1.29 is 4.79 Å². The fourth-order valence-corrected chi connectivity index (χ4v) is 2.71. The van der Waals surface area contributed by atoms with E-state index in [0.29, 0.717) is 17.7 Å². The number of rotatable bonds is 3. The summed E-state index contributed by atoms with van der Waals surface area (Å²) in [6.07, 6.45) is 1.11. The Morgan fingerprint density at radius 1 is 1.33 bits per heavy atom. The molecule has 0 radical (unpaired) electrons. The maximum absolute atomic E-state index is 11.9. The topological polar surface area (TPSA) is 23.6 Å². The van der Waals surface area contributed by atoms with Crippen LogP contribution in [0.15, 0.2) is 0 Å². The highest BCUT2D eigenvalue weighted by Gasteiger charge is 2.41. The van der Waals surface area contributed by atoms with Gasteiger partial charge in [-0.2, -0.15) is 0 Å². The van der Waals surface area contributed by atoms with E-state index >= 15 is 0 Å². The van der Waals surface area contributed by atoms with E-state index in [1.807, 2.05) is 0 Å². The van der Waals surface area contributed by atoms with E-state index < -0.39 is 0 Å². The Morgan fingerprint density at radius 3 is 2.40 bits per heavy atom. The average Bonchev–Trinajstić information content (AvgIpc) is 2.96. The molecule has 2 rings (SSSR count). The van der Waals surface area contributed by atoms with Crippen molar-refractivity contribution in [1.82, 2.24) is 9.80 Å². The molecule has 2 aliphatic rings. The Labute approximate surface area is 99.9 Å². The van der Waals surface area contributed by atoms with Crippen LogP contribution in [0.1, 0.15) is 13.3 Å². The molecule has 4 heteroatoms. The summed E-state index contributed by atoms with van der Waals surface area (Å²) in [5.74, 6) is 1.40. The molecular weight excluding hydrogens is 256 g/mol. The van der Waals surface area contributed by atoms with Crippen molar-refractivity contribution in [3.63, 3.8) is 0 Å². The van der Waals surface area contributed by atoms with Crippen molar-refractivity contribution in [3.05, 3.63) is 0 Å². The van der Waals surface area contributed by atoms with Gasteiger partial charge in [0.15, 0.2) is 0 Å². The highest BCUT2D eigenvalue weighted by Crippen LogP contribution is 2.39. The Kier molecular flexibility index (Phi) is 3.67. The van der Waals surface area contributed by atoms with Crippen molar-refractivity contribution in [3.8, 4) is 0 Å². The van der Waals surface area contributed by atoms with Gasteiger partial charge in [0.2, 0.25) is 5.91 Å². The Bertz CT molecular complexity index is 239. The van der Waals surface area contributed by atoms with Crippen LogP contribution in [0.25, 0.3) is 0 Å². The summed E-state index contributed by atoms with van der Waals surface area (Å²) in [6, 6.07) is 0. The molecular formula is C11H19BrN2O. The van der Waals surface area contributed by atoms with Crippen LogP contribution < -0.4 is 0 Å². The Morgan fingerprint density at radius 2 is 1.93 bits per heavy atom. The predicted molar refractivity (Wildman–Crippen MR) is 64.1 cm³/mol. The first kappa shape index (κ1) is 11.4. The summed E-state index contributed by atoms with van der Waals surface area (Å²) < 4.78 is 0. The second-order valence-electron chi connectivity index (χ2n) is 4.68. The van der Waals surface area contributed by atoms with E-state index in [9.17, 15) is 4.79 Å². The molecule has 0 N–H and O–H groups in total. The minimum Gasteiger partial charge on any atom is -0.340 e. The zero-order valence-electron chi connectivity index (χ0n) is 9.29. The van der Waals surface area contributed by atoms with Crippen LogP contribution in [0.3, 0.4) is 0 Å². The van der Waals surface area contributed by atoms with Gasteiger partial charge < -0.3 is 4.90 Å². The highest BCUT2D eigenvalue weighted by atomic mass is 79.9. The number of nitrogens with zero attached hydrogens (tertiary/aromatic N) is 2. The van der Waals surface area contributed by atoms with Crippen molar-refractivity contribution in [2.45, 2.75) is 13.3 Å². The van der Waals surface area contributed by atoms with E-state index in [2.05, 4.69) is 32.7 Å². The molecule has 1 heterocycles. The van der Waals surface area contributed by atoms with Crippen LogP contribution in [0.4, 0.5) is 0 Å². The molecule has 0 aromatic carbocycles. The van der Waals surface area contributed by atoms with Gasteiger partial charge in [-0.3, -0.25) is 9.69 Å². The molecule has 3 nitrogen and oxygen atoms in total. The number of amides is 1. The lowest BCUT2D eigenvalue weighted by Gasteiger charge is -2.34. The smallest absolute Gasteiger partial charge is 0.226 e. The number of hydrogen-bond acceptors (Lipinski definition) is 2. The standard InChI is InChI=1S/C11H19BrN2O/c1-9-8-10(9)11(15)14-6-4-13(3-2-12)5-7-14/h9-10H,2-8H2,1H3. The fraction of sp³-hybridized carbons (Fsp3) is 0.909. The van der Waals surface area contributed by atoms with E-state index in [-0.39, 0.29) is 0 Å². The molecule has 0 spiro atoms. The molecule has 0 bridgehead atoms. The number of halogens is 1. The van der Waals surface area contributed by atoms with E-state index in [4.69, 9.17) is 0 Å². The summed E-state index contributed by atoms with van der Waals surface area (Å²) >= 11 is 3.45. The third-order valence-corrected chi connectivity index (χ3v) is 3.87. The third kappa shape index (κ3) is 2.72. The van der Waals surface area contributed by atoms with Crippen LogP contribution >= 0.6 is 15.9 Å². The Hall–Kier alpha value is -0.0900. The molecule has 1 saturated carbocycles. The summed E-state index contributed by atoms with van der Waals surface area (Å²) in [7, 11) is 0. The van der Waals surface area contributed by atoms with Crippen LogP contribution in [-0.4, -0.2) is 53.8 Å². The molecule has 86 valence electrons. The minimum atomic E-state index is 0.354. The van der Waals surface area contributed by atoms with Crippen molar-refractivity contribution in [1.29, 1.82) is 0 Å². The van der Waals surface area contributed by atoms with Crippen molar-refractivity contribution in [2.24, 2.45) is 11.8 Å². The van der Waals surface area contributed by atoms with Crippen molar-refractivity contribution in [2.75, 3.05) is 38.1 Å². The summed E-state index contributed by atoms with van der Waals surface area (Å²) in [5.41, 5.74) is 0. The van der Waals surface area contributed by atoms with Crippen molar-refractivity contribution >= 4 is 21.8 Å². The molecule has 1 aliphatic heterocycles. The van der Waals surface area contributed by atoms with Gasteiger partial charge in [0.05, 0.1) is 0 Å². The molecule has 0 aromatic heterocycles. The maximum atomic E-state index is 11.9. The number of carbonyl (C=O) groups excluding carboxylic acids is 1. The lowest BCUT2D eigenvalue weighted by molar-refractivity contribution is -0.134. The van der Waals surface area contributed by atoms with Crippen LogP contribution in [-0.2, 0) is 4.79 Å². The van der Waals surface area contributed by atoms with Gasteiger partial charge in [0, 0.05) is 44.0 Å². The zero-order chi connectivity index (χ0) is 10.8. The first-order valence-electron chi connectivity index (χ1n) is 5.79. The van der Waals surface area contributed by atoms with Gasteiger partial charge in [-0.1, -0.05) is 22.9 Å². The number of alkyl halides is 1. The second-order valence-corrected chi connectivity index (χ2v) is 5.47. The molecule has 15 heavy (non-hydrogen) atoms. The summed E-state index contributed by atoms with van der Waals surface area (Å²) in [4.78, 5) is 16.4. The highest BCUT2D eigenvalue weighted by molar-refractivity contribution is 9.09. The normalized spacial score (nSPS) is 31.7. The van der Waals surface area contributed by atoms with Gasteiger partial charge in [0.1, 0.15) is 0 Å². The molecule has 2 unspecified atom stereocenters. The minimum absolute atomic E-state index is 0.354. The predicted octanol–water partition coefficient (Wildman–Crippen LogP) is 1.18. The SMILES string of the molecule is CC1CC1C(=O)N1CCN(CCBr)CC1. The first-order chi connectivity index (χ1) is 7.22. The van der Waals surface area contributed by atoms with Gasteiger partial charge in [-0.15, -0.1) is 0 Å². The van der Waals surface area contributed by atoms with Gasteiger partial charge in [-0.25, -0.2) is 0 Å². The molecule has 0 aromatic rings. The lowest BCUT2D eigenvalue weighted by atomic mass is 10.2. The molecule has 2 atom stereocenters. The molecule has 2 fully saturated rings. The van der Waals surface area contributed by atoms with Gasteiger partial charge in [0.25, 0.3) is 0 Å². The second kappa shape index (κ2) is 4.83. The number of hydrogen-bond donors (Lipinski definition) is 0. The maximum Gasteiger partial charge on any atom is 0.226 e.